The first-order chi connectivity index (χ1) is 30.1. The normalized spacial score (nSPS) is 12.0. The van der Waals surface area contributed by atoms with E-state index in [0.717, 1.165) is 38.5 Å². The van der Waals surface area contributed by atoms with E-state index in [1.165, 1.54) is 57.8 Å². The first-order valence-electron chi connectivity index (χ1n) is 22.8. The fourth-order valence-electron chi connectivity index (χ4n) is 6.20. The molecule has 4 amide bonds. The lowest BCUT2D eigenvalue weighted by Gasteiger charge is -2.14. The molecule has 62 heavy (non-hydrogen) atoms. The molecule has 0 heterocycles. The molecule has 1 unspecified atom stereocenters. The summed E-state index contributed by atoms with van der Waals surface area (Å²) in [6, 6.07) is -1.75. The molecule has 0 rings (SSSR count). The predicted octanol–water partition coefficient (Wildman–Crippen LogP) is 3.57. The Kier molecular flexibility index (Phi) is 41.2. The third kappa shape index (κ3) is 41.6. The van der Waals surface area contributed by atoms with E-state index < -0.39 is 24.0 Å². The quantitative estimate of drug-likeness (QED) is 0.0246. The number of rotatable bonds is 47. The van der Waals surface area contributed by atoms with E-state index in [1.54, 1.807) is 0 Å². The number of carbonyl (C=O) groups is 7. The van der Waals surface area contributed by atoms with Crippen molar-refractivity contribution in [1.82, 2.24) is 26.7 Å². The molecule has 0 aromatic carbocycles. The second-order valence-electron chi connectivity index (χ2n) is 15.3. The van der Waals surface area contributed by atoms with Gasteiger partial charge in [-0.3, -0.25) is 24.0 Å². The van der Waals surface area contributed by atoms with Crippen LogP contribution in [-0.4, -0.2) is 142 Å². The molecule has 2 atom stereocenters. The van der Waals surface area contributed by atoms with E-state index in [9.17, 15) is 38.7 Å². The van der Waals surface area contributed by atoms with Crippen molar-refractivity contribution in [3.63, 3.8) is 0 Å². The number of hydroxylamine groups is 1. The first-order valence-corrected chi connectivity index (χ1v) is 22.8. The molecule has 0 aromatic heterocycles. The lowest BCUT2D eigenvalue weighted by atomic mass is 10.0. The summed E-state index contributed by atoms with van der Waals surface area (Å²) in [6.45, 7) is 1.88. The second-order valence-corrected chi connectivity index (χ2v) is 15.3. The van der Waals surface area contributed by atoms with Crippen molar-refractivity contribution in [3.8, 4) is 0 Å². The highest BCUT2D eigenvalue weighted by Gasteiger charge is 2.21. The van der Waals surface area contributed by atoms with Crippen LogP contribution in [0.3, 0.4) is 0 Å². The minimum absolute atomic E-state index is 0.0270. The Morgan fingerprint density at radius 2 is 0.887 bits per heavy atom. The van der Waals surface area contributed by atoms with Gasteiger partial charge in [0.05, 0.1) is 45.7 Å². The smallest absolute Gasteiger partial charge is 0.326 e. The number of hydrogen-bond acceptors (Lipinski definition) is 13. The number of carboxylic acids is 2. The van der Waals surface area contributed by atoms with Crippen molar-refractivity contribution >= 4 is 41.9 Å². The van der Waals surface area contributed by atoms with Gasteiger partial charge in [-0.2, -0.15) is 5.48 Å². The van der Waals surface area contributed by atoms with Gasteiger partial charge < -0.3 is 60.4 Å². The Balaban J connectivity index is 3.63. The molecule has 0 fully saturated rings. The summed E-state index contributed by atoms with van der Waals surface area (Å²) >= 11 is 0. The van der Waals surface area contributed by atoms with Crippen LogP contribution in [0.2, 0.25) is 0 Å². The lowest BCUT2D eigenvalue weighted by Crippen LogP contribution is -2.41. The fourth-order valence-corrected chi connectivity index (χ4v) is 6.20. The number of ether oxygens (including phenoxy) is 4. The van der Waals surface area contributed by atoms with Crippen LogP contribution in [0.15, 0.2) is 0 Å². The zero-order valence-corrected chi connectivity index (χ0v) is 37.1. The zero-order valence-electron chi connectivity index (χ0n) is 37.1. The average Bonchev–Trinajstić information content (AvgIpc) is 3.24. The number of carboxylic acid groups (broad SMARTS) is 2. The molecule has 19 heteroatoms. The second kappa shape index (κ2) is 43.9. The zero-order chi connectivity index (χ0) is 45.7. The Bertz CT molecular complexity index is 1180. The van der Waals surface area contributed by atoms with E-state index in [-0.39, 0.29) is 115 Å². The van der Waals surface area contributed by atoms with Crippen LogP contribution in [0.4, 0.5) is 0 Å². The maximum absolute atomic E-state index is 12.3. The molecular formula is C43H79N5O14. The van der Waals surface area contributed by atoms with Crippen LogP contribution in [0.5, 0.6) is 0 Å². The molecule has 0 aliphatic heterocycles. The van der Waals surface area contributed by atoms with Gasteiger partial charge in [-0.1, -0.05) is 89.9 Å². The minimum atomic E-state index is -1.18. The molecule has 0 aliphatic rings. The van der Waals surface area contributed by atoms with Crippen LogP contribution >= 0.6 is 0 Å². The van der Waals surface area contributed by atoms with Gasteiger partial charge in [0.25, 0.3) is 0 Å². The van der Waals surface area contributed by atoms with Gasteiger partial charge >= 0.3 is 11.9 Å². The lowest BCUT2D eigenvalue weighted by molar-refractivity contribution is -0.142. The van der Waals surface area contributed by atoms with Gasteiger partial charge in [-0.15, -0.1) is 0 Å². The van der Waals surface area contributed by atoms with Crippen molar-refractivity contribution in [2.75, 3.05) is 72.5 Å². The molecule has 0 bridgehead atoms. The Morgan fingerprint density at radius 3 is 1.34 bits per heavy atom. The molecule has 360 valence electrons. The third-order valence-electron chi connectivity index (χ3n) is 9.78. The average molecular weight is 890 g/mol. The van der Waals surface area contributed by atoms with Crippen LogP contribution in [0, 0.1) is 0 Å². The molecule has 19 nitrogen and oxygen atoms in total. The molecule has 0 radical (unpaired) electrons. The summed E-state index contributed by atoms with van der Waals surface area (Å²) in [6.07, 6.45) is 20.7. The van der Waals surface area contributed by atoms with Crippen molar-refractivity contribution in [2.45, 2.75) is 160 Å². The summed E-state index contributed by atoms with van der Waals surface area (Å²) in [7, 11) is 0. The van der Waals surface area contributed by atoms with Gasteiger partial charge in [-0.25, -0.2) is 4.79 Å². The number of unbranched alkanes of at least 4 members (excludes halogenated alkanes) is 16. The van der Waals surface area contributed by atoms with Gasteiger partial charge in [-0.05, 0) is 38.5 Å². The maximum atomic E-state index is 12.3. The summed E-state index contributed by atoms with van der Waals surface area (Å²) in [5, 5.41) is 37.4. The van der Waals surface area contributed by atoms with Crippen LogP contribution in [-0.2, 0) is 52.5 Å². The van der Waals surface area contributed by atoms with Crippen molar-refractivity contribution in [2.24, 2.45) is 0 Å². The summed E-state index contributed by atoms with van der Waals surface area (Å²) in [4.78, 5) is 80.9. The highest BCUT2D eigenvalue weighted by atomic mass is 16.5. The van der Waals surface area contributed by atoms with Crippen molar-refractivity contribution < 1.29 is 67.9 Å². The number of aliphatic carboxylic acids is 2. The number of hydrogen-bond donors (Lipinski definition) is 8. The first kappa shape index (κ1) is 58.2. The Hall–Kier alpha value is -3.75. The van der Waals surface area contributed by atoms with Gasteiger partial charge in [0.2, 0.25) is 23.6 Å². The molecule has 0 aliphatic carbocycles. The molecule has 0 saturated heterocycles. The number of carbonyl (C=O) groups excluding carboxylic acids is 5. The minimum Gasteiger partial charge on any atom is -0.481 e. The molecular weight excluding hydrogens is 810 g/mol. The largest absolute Gasteiger partial charge is 0.481 e. The topological polar surface area (TPSA) is 277 Å². The van der Waals surface area contributed by atoms with Crippen molar-refractivity contribution in [3.05, 3.63) is 0 Å². The van der Waals surface area contributed by atoms with E-state index in [4.69, 9.17) is 29.3 Å². The molecule has 0 spiro atoms. The van der Waals surface area contributed by atoms with E-state index >= 15 is 0 Å². The molecule has 0 aromatic rings. The summed E-state index contributed by atoms with van der Waals surface area (Å²) < 4.78 is 21.3. The van der Waals surface area contributed by atoms with Crippen LogP contribution in [0.1, 0.15) is 148 Å². The standard InChI is InChI=1S/C43H79N5O14/c49-33-36(48-58)19-17-18-24-44-40(52)34-61-31-30-60-28-26-46-41(53)35-62-32-29-59-27-25-45-38(50)23-22-37(43(56)57)47-39(51)20-15-13-11-9-7-5-3-1-2-4-6-8-10-12-14-16-21-42(54)55/h33,36-37,48,58H,1-32,34-35H2,(H,44,52)(H,45,50)(H,46,53)(H,47,51)(H,54,55)(H,56,57)/t36?,37-/m0/s1. The van der Waals surface area contributed by atoms with Crippen molar-refractivity contribution in [1.29, 1.82) is 0 Å². The van der Waals surface area contributed by atoms with Gasteiger partial charge in [0.1, 0.15) is 25.5 Å². The van der Waals surface area contributed by atoms with Crippen LogP contribution in [0.25, 0.3) is 0 Å². The fraction of sp³-hybridized carbons (Fsp3) is 0.837. The molecule has 8 N–H and O–H groups in total. The number of nitrogens with one attached hydrogen (secondary N) is 5. The molecule has 0 saturated carbocycles. The highest BCUT2D eigenvalue weighted by Crippen LogP contribution is 2.14. The highest BCUT2D eigenvalue weighted by molar-refractivity contribution is 5.84. The monoisotopic (exact) mass is 890 g/mol. The predicted molar refractivity (Wildman–Crippen MR) is 230 cm³/mol. The van der Waals surface area contributed by atoms with Crippen LogP contribution < -0.4 is 26.7 Å². The third-order valence-corrected chi connectivity index (χ3v) is 9.78. The summed E-state index contributed by atoms with van der Waals surface area (Å²) in [5.41, 5.74) is 1.90. The van der Waals surface area contributed by atoms with E-state index in [1.807, 2.05) is 5.48 Å². The SMILES string of the molecule is O=CC(CCCCNC(=O)COCCOCCNC(=O)COCCOCCNC(=O)CC[C@H](NC(=O)CCCCCCCCCCCCCCCCCCC(=O)O)C(=O)O)NO. The Labute approximate surface area is 368 Å². The van der Waals surface area contributed by atoms with E-state index in [0.29, 0.717) is 38.5 Å². The van der Waals surface area contributed by atoms with E-state index in [2.05, 4.69) is 21.3 Å². The van der Waals surface area contributed by atoms with Gasteiger partial charge in [0, 0.05) is 38.9 Å². The van der Waals surface area contributed by atoms with Gasteiger partial charge in [0.15, 0.2) is 0 Å². The summed E-state index contributed by atoms with van der Waals surface area (Å²) in [5.74, 6) is -3.17. The number of aldehydes is 1. The Morgan fingerprint density at radius 1 is 0.452 bits per heavy atom. The number of amides is 4. The maximum Gasteiger partial charge on any atom is 0.326 e.